The highest BCUT2D eigenvalue weighted by Crippen LogP contribution is 2.30. The van der Waals surface area contributed by atoms with Crippen LogP contribution in [0.5, 0.6) is 0 Å². The first-order chi connectivity index (χ1) is 9.11. The van der Waals surface area contributed by atoms with Crippen molar-refractivity contribution in [3.05, 3.63) is 51.1 Å². The maximum Gasteiger partial charge on any atom is 0.537 e. The highest BCUT2D eigenvalue weighted by Gasteiger charge is 2.43. The van der Waals surface area contributed by atoms with Crippen molar-refractivity contribution in [1.82, 2.24) is 4.57 Å². The summed E-state index contributed by atoms with van der Waals surface area (Å²) < 4.78 is 1.51. The lowest BCUT2D eigenvalue weighted by Crippen LogP contribution is -2.27. The zero-order valence-electron chi connectivity index (χ0n) is 9.98. The van der Waals surface area contributed by atoms with E-state index >= 15 is 0 Å². The molecule has 1 aliphatic carbocycles. The standard InChI is InChI=1S/C12H11N3O4/c16-12-8-4-1-2-5-9(8)14(17)11(15(18)19)10-6-3-7-13(10)12/h3,5-8H,1-2,4H2. The third-order valence-corrected chi connectivity index (χ3v) is 3.52. The van der Waals surface area contributed by atoms with Crippen LogP contribution in [-0.2, 0) is 0 Å². The lowest BCUT2D eigenvalue weighted by molar-refractivity contribution is -0.491. The van der Waals surface area contributed by atoms with Crippen LogP contribution in [0.3, 0.4) is 0 Å². The number of allylic oxidation sites excluding steroid dienone is 2. The van der Waals surface area contributed by atoms with E-state index in [4.69, 9.17) is 0 Å². The van der Waals surface area contributed by atoms with Crippen LogP contribution in [0.4, 0.5) is 0 Å². The van der Waals surface area contributed by atoms with Crippen molar-refractivity contribution in [2.75, 3.05) is 0 Å². The minimum absolute atomic E-state index is 0.0419. The Labute approximate surface area is 108 Å². The molecule has 2 heterocycles. The molecule has 0 saturated carbocycles. The summed E-state index contributed by atoms with van der Waals surface area (Å²) in [5, 5.41) is 23.4. The fourth-order valence-corrected chi connectivity index (χ4v) is 2.65. The van der Waals surface area contributed by atoms with E-state index in [1.807, 2.05) is 0 Å². The molecule has 0 N–H and O–H groups in total. The maximum absolute atomic E-state index is 12.4. The first kappa shape index (κ1) is 11.6. The molecule has 7 nitrogen and oxygen atoms in total. The average molecular weight is 261 g/mol. The van der Waals surface area contributed by atoms with Gasteiger partial charge in [0.15, 0.2) is 0 Å². The molecule has 19 heavy (non-hydrogen) atoms. The van der Waals surface area contributed by atoms with Crippen molar-refractivity contribution in [2.45, 2.75) is 19.3 Å². The second kappa shape index (κ2) is 4.04. The molecule has 1 atom stereocenters. The summed E-state index contributed by atoms with van der Waals surface area (Å²) in [5.74, 6) is -1.45. The normalized spacial score (nSPS) is 22.4. The quantitative estimate of drug-likeness (QED) is 0.305. The SMILES string of the molecule is O=C1C2CCCC=C2[N+]([O-])=C([N+](=O)[O-])c2cccn21. The molecule has 0 fully saturated rings. The van der Waals surface area contributed by atoms with Gasteiger partial charge in [0.25, 0.3) is 0 Å². The monoisotopic (exact) mass is 261 g/mol. The number of nitro groups is 1. The van der Waals surface area contributed by atoms with E-state index in [-0.39, 0.29) is 17.3 Å². The molecule has 0 spiro atoms. The Morgan fingerprint density at radius 1 is 1.47 bits per heavy atom. The van der Waals surface area contributed by atoms with Gasteiger partial charge in [-0.1, -0.05) is 0 Å². The Balaban J connectivity index is 2.31. The first-order valence-electron chi connectivity index (χ1n) is 6.02. The Hall–Kier alpha value is -2.44. The summed E-state index contributed by atoms with van der Waals surface area (Å²) in [6.45, 7) is 0. The maximum atomic E-state index is 12.4. The van der Waals surface area contributed by atoms with E-state index in [2.05, 4.69) is 0 Å². The van der Waals surface area contributed by atoms with Crippen LogP contribution < -0.4 is 0 Å². The molecule has 1 aliphatic heterocycles. The fourth-order valence-electron chi connectivity index (χ4n) is 2.65. The molecular weight excluding hydrogens is 250 g/mol. The second-order valence-corrected chi connectivity index (χ2v) is 4.59. The van der Waals surface area contributed by atoms with Gasteiger partial charge in [-0.15, -0.1) is 4.74 Å². The van der Waals surface area contributed by atoms with Gasteiger partial charge in [-0.2, -0.15) is 0 Å². The molecule has 2 aliphatic rings. The summed E-state index contributed by atoms with van der Waals surface area (Å²) in [6, 6.07) is 2.95. The van der Waals surface area contributed by atoms with E-state index in [1.54, 1.807) is 6.08 Å². The van der Waals surface area contributed by atoms with Crippen LogP contribution in [0.25, 0.3) is 0 Å². The topological polar surface area (TPSA) is 91.2 Å². The Morgan fingerprint density at radius 2 is 2.26 bits per heavy atom. The number of amidine groups is 1. The molecule has 1 aromatic heterocycles. The Bertz CT molecular complexity index is 641. The van der Waals surface area contributed by atoms with Gasteiger partial charge in [0.05, 0.1) is 0 Å². The molecule has 0 bridgehead atoms. The number of rotatable bonds is 0. The Kier molecular flexibility index (Phi) is 2.48. The van der Waals surface area contributed by atoms with Crippen LogP contribution in [0.2, 0.25) is 0 Å². The van der Waals surface area contributed by atoms with Gasteiger partial charge in [-0.3, -0.25) is 19.5 Å². The summed E-state index contributed by atoms with van der Waals surface area (Å²) in [6.07, 6.45) is 5.11. The highest BCUT2D eigenvalue weighted by atomic mass is 16.6. The average Bonchev–Trinajstić information content (AvgIpc) is 2.83. The lowest BCUT2D eigenvalue weighted by atomic mass is 9.91. The van der Waals surface area contributed by atoms with E-state index in [9.17, 15) is 20.1 Å². The summed E-state index contributed by atoms with van der Waals surface area (Å²) in [5.41, 5.74) is 0.243. The molecule has 1 aromatic rings. The third kappa shape index (κ3) is 1.58. The van der Waals surface area contributed by atoms with Crippen LogP contribution in [0.15, 0.2) is 30.1 Å². The number of carbonyl (C=O) groups excluding carboxylic acids is 1. The molecule has 0 amide bonds. The van der Waals surface area contributed by atoms with Crippen LogP contribution in [0, 0.1) is 21.2 Å². The molecule has 0 radical (unpaired) electrons. The third-order valence-electron chi connectivity index (χ3n) is 3.52. The molecular formula is C12H11N3O4. The van der Waals surface area contributed by atoms with Gasteiger partial charge in [0, 0.05) is 6.20 Å². The predicted octanol–water partition coefficient (Wildman–Crippen LogP) is 1.36. The predicted molar refractivity (Wildman–Crippen MR) is 65.2 cm³/mol. The van der Waals surface area contributed by atoms with E-state index in [0.29, 0.717) is 17.6 Å². The van der Waals surface area contributed by atoms with Crippen molar-refractivity contribution >= 4 is 11.7 Å². The van der Waals surface area contributed by atoms with Gasteiger partial charge in [0.1, 0.15) is 10.8 Å². The molecule has 0 saturated heterocycles. The number of carbonyl (C=O) groups is 1. The van der Waals surface area contributed by atoms with E-state index in [0.717, 1.165) is 6.42 Å². The van der Waals surface area contributed by atoms with Crippen LogP contribution in [0.1, 0.15) is 29.8 Å². The molecule has 1 unspecified atom stereocenters. The molecule has 7 heteroatoms. The van der Waals surface area contributed by atoms with Crippen LogP contribution in [-0.4, -0.2) is 26.0 Å². The van der Waals surface area contributed by atoms with Gasteiger partial charge < -0.3 is 5.21 Å². The van der Waals surface area contributed by atoms with Gasteiger partial charge in [-0.25, -0.2) is 0 Å². The molecule has 0 aromatic carbocycles. The number of hydrogen-bond donors (Lipinski definition) is 0. The second-order valence-electron chi connectivity index (χ2n) is 4.59. The number of hydrogen-bond acceptors (Lipinski definition) is 4. The van der Waals surface area contributed by atoms with Gasteiger partial charge in [0.2, 0.25) is 17.3 Å². The van der Waals surface area contributed by atoms with Crippen molar-refractivity contribution in [3.63, 3.8) is 0 Å². The number of aromatic nitrogens is 1. The minimum Gasteiger partial charge on any atom is -0.614 e. The summed E-state index contributed by atoms with van der Waals surface area (Å²) in [4.78, 5) is 22.8. The van der Waals surface area contributed by atoms with Crippen LogP contribution >= 0.6 is 0 Å². The number of fused-ring (bicyclic) bond motifs is 2. The zero-order chi connectivity index (χ0) is 13.6. The smallest absolute Gasteiger partial charge is 0.537 e. The lowest BCUT2D eigenvalue weighted by Gasteiger charge is -2.18. The van der Waals surface area contributed by atoms with Crippen molar-refractivity contribution in [3.8, 4) is 0 Å². The molecule has 98 valence electrons. The minimum atomic E-state index is -0.732. The summed E-state index contributed by atoms with van der Waals surface area (Å²) in [7, 11) is 0. The zero-order valence-corrected chi connectivity index (χ0v) is 9.98. The fraction of sp³-hybridized carbons (Fsp3) is 0.333. The van der Waals surface area contributed by atoms with Gasteiger partial charge in [-0.05, 0) is 37.5 Å². The number of hydroxylamine groups is 1. The Morgan fingerprint density at radius 3 is 3.00 bits per heavy atom. The van der Waals surface area contributed by atoms with Crippen molar-refractivity contribution in [2.24, 2.45) is 5.92 Å². The van der Waals surface area contributed by atoms with Gasteiger partial charge >= 0.3 is 5.84 Å². The number of nitrogens with zero attached hydrogens (tertiary/aromatic N) is 3. The largest absolute Gasteiger partial charge is 0.614 e. The van der Waals surface area contributed by atoms with E-state index < -0.39 is 16.7 Å². The van der Waals surface area contributed by atoms with Crippen molar-refractivity contribution in [1.29, 1.82) is 0 Å². The highest BCUT2D eigenvalue weighted by molar-refractivity contribution is 5.96. The summed E-state index contributed by atoms with van der Waals surface area (Å²) >= 11 is 0. The van der Waals surface area contributed by atoms with Crippen molar-refractivity contribution < 1.29 is 14.5 Å². The van der Waals surface area contributed by atoms with E-state index in [1.165, 1.54) is 22.9 Å². The molecule has 3 rings (SSSR count). The first-order valence-corrected chi connectivity index (χ1v) is 6.02.